The third-order valence-corrected chi connectivity index (χ3v) is 2.81. The van der Waals surface area contributed by atoms with Crippen LogP contribution in [0.1, 0.15) is 54.9 Å². The lowest BCUT2D eigenvalue weighted by Gasteiger charge is -2.26. The molecule has 0 fully saturated rings. The van der Waals surface area contributed by atoms with E-state index >= 15 is 0 Å². The number of esters is 1. The summed E-state index contributed by atoms with van der Waals surface area (Å²) in [5.41, 5.74) is -0.630. The van der Waals surface area contributed by atoms with Gasteiger partial charge < -0.3 is 10.1 Å². The lowest BCUT2D eigenvalue weighted by Crippen LogP contribution is -2.48. The Morgan fingerprint density at radius 2 is 1.73 bits per heavy atom. The molecule has 6 nitrogen and oxygen atoms in total. The highest BCUT2D eigenvalue weighted by Gasteiger charge is 2.30. The van der Waals surface area contributed by atoms with Crippen LogP contribution in [0.3, 0.4) is 0 Å². The van der Waals surface area contributed by atoms with Crippen LogP contribution in [0, 0.1) is 11.8 Å². The fourth-order valence-electron chi connectivity index (χ4n) is 1.88. The molecule has 0 heterocycles. The molecule has 0 radical (unpaired) electrons. The van der Waals surface area contributed by atoms with Crippen molar-refractivity contribution in [3.05, 3.63) is 0 Å². The molecule has 0 spiro atoms. The molecule has 0 rings (SSSR count). The molecule has 1 amide bonds. The number of ether oxygens (including phenoxy) is 1. The van der Waals surface area contributed by atoms with Crippen LogP contribution in [-0.4, -0.2) is 35.6 Å². The van der Waals surface area contributed by atoms with Crippen LogP contribution in [0.5, 0.6) is 0 Å². The summed E-state index contributed by atoms with van der Waals surface area (Å²) in [6.45, 7) is 12.8. The molecule has 22 heavy (non-hydrogen) atoms. The maximum Gasteiger partial charge on any atom is 0.329 e. The van der Waals surface area contributed by atoms with E-state index in [1.807, 2.05) is 13.8 Å². The van der Waals surface area contributed by atoms with Crippen molar-refractivity contribution in [3.8, 4) is 0 Å². The van der Waals surface area contributed by atoms with Gasteiger partial charge in [-0.05, 0) is 39.0 Å². The molecule has 0 bridgehead atoms. The normalized spacial score (nSPS) is 14.2. The van der Waals surface area contributed by atoms with Crippen molar-refractivity contribution < 1.29 is 19.1 Å². The van der Waals surface area contributed by atoms with E-state index in [0.29, 0.717) is 6.42 Å². The Balaban J connectivity index is 5.09. The molecule has 0 unspecified atom stereocenters. The van der Waals surface area contributed by atoms with E-state index in [-0.39, 0.29) is 11.8 Å². The van der Waals surface area contributed by atoms with E-state index in [4.69, 9.17) is 4.74 Å². The first-order valence-electron chi connectivity index (χ1n) is 7.58. The van der Waals surface area contributed by atoms with Gasteiger partial charge >= 0.3 is 5.97 Å². The largest absolute Gasteiger partial charge is 0.458 e. The van der Waals surface area contributed by atoms with Crippen molar-refractivity contribution in [1.82, 2.24) is 5.32 Å². The topological polar surface area (TPSA) is 84.8 Å². The molecule has 1 N–H and O–H groups in total. The molecular formula is C16H28N2O4. The molecule has 0 saturated carbocycles. The smallest absolute Gasteiger partial charge is 0.329 e. The number of carbonyl (C=O) groups excluding carboxylic acids is 3. The molecule has 0 aliphatic rings. The maximum atomic E-state index is 12.2. The van der Waals surface area contributed by atoms with Crippen LogP contribution in [0.25, 0.3) is 0 Å². The van der Waals surface area contributed by atoms with Crippen molar-refractivity contribution in [1.29, 1.82) is 0 Å². The molecule has 0 aliphatic carbocycles. The van der Waals surface area contributed by atoms with Crippen LogP contribution in [0.15, 0.2) is 4.99 Å². The van der Waals surface area contributed by atoms with Crippen molar-refractivity contribution in [2.75, 3.05) is 0 Å². The minimum Gasteiger partial charge on any atom is -0.458 e. The maximum absolute atomic E-state index is 12.2. The van der Waals surface area contributed by atoms with Crippen LogP contribution in [-0.2, 0) is 19.1 Å². The minimum atomic E-state index is -0.852. The van der Waals surface area contributed by atoms with Crippen LogP contribution < -0.4 is 5.32 Å². The first-order chi connectivity index (χ1) is 9.97. The van der Waals surface area contributed by atoms with Gasteiger partial charge in [0.05, 0.1) is 0 Å². The highest BCUT2D eigenvalue weighted by atomic mass is 16.6. The van der Waals surface area contributed by atoms with Gasteiger partial charge in [0.25, 0.3) is 0 Å². The Hall–Kier alpha value is -1.68. The number of nitrogens with zero attached hydrogens (tertiary/aromatic N) is 1. The number of nitrogens with one attached hydrogen (secondary N) is 1. The van der Waals surface area contributed by atoms with Gasteiger partial charge in [0.2, 0.25) is 12.0 Å². The number of carbonyl (C=O) groups is 2. The van der Waals surface area contributed by atoms with Gasteiger partial charge in [0.1, 0.15) is 17.7 Å². The zero-order valence-corrected chi connectivity index (χ0v) is 14.6. The van der Waals surface area contributed by atoms with Gasteiger partial charge in [0.15, 0.2) is 0 Å². The number of hydrogen-bond donors (Lipinski definition) is 1. The van der Waals surface area contributed by atoms with Gasteiger partial charge in [-0.1, -0.05) is 27.7 Å². The van der Waals surface area contributed by atoms with Crippen LogP contribution >= 0.6 is 0 Å². The van der Waals surface area contributed by atoms with Gasteiger partial charge in [-0.15, -0.1) is 0 Å². The zero-order chi connectivity index (χ0) is 17.5. The van der Waals surface area contributed by atoms with Gasteiger partial charge in [-0.3, -0.25) is 4.79 Å². The average Bonchev–Trinajstić information content (AvgIpc) is 2.31. The molecule has 2 atom stereocenters. The second kappa shape index (κ2) is 8.69. The van der Waals surface area contributed by atoms with E-state index in [9.17, 15) is 14.4 Å². The number of hydrogen-bond acceptors (Lipinski definition) is 5. The summed E-state index contributed by atoms with van der Waals surface area (Å²) in [7, 11) is 0. The third kappa shape index (κ3) is 7.93. The SMILES string of the molecule is CC(C)C[C@H](NC(=O)[C@@H](N=C=O)C(C)C)C(=O)OC(C)(C)C. The Bertz CT molecular complexity index is 432. The van der Waals surface area contributed by atoms with E-state index in [1.165, 1.54) is 6.08 Å². The van der Waals surface area contributed by atoms with E-state index in [1.54, 1.807) is 34.6 Å². The summed E-state index contributed by atoms with van der Waals surface area (Å²) in [5.74, 6) is -0.910. The fourth-order valence-corrected chi connectivity index (χ4v) is 1.88. The second-order valence-corrected chi connectivity index (χ2v) is 7.13. The Labute approximate surface area is 132 Å². The van der Waals surface area contributed by atoms with Gasteiger partial charge in [-0.2, -0.15) is 4.99 Å². The van der Waals surface area contributed by atoms with E-state index < -0.39 is 29.6 Å². The summed E-state index contributed by atoms with van der Waals surface area (Å²) >= 11 is 0. The summed E-state index contributed by atoms with van der Waals surface area (Å²) < 4.78 is 5.34. The monoisotopic (exact) mass is 312 g/mol. The molecular weight excluding hydrogens is 284 g/mol. The minimum absolute atomic E-state index is 0.167. The van der Waals surface area contributed by atoms with Crippen LogP contribution in [0.4, 0.5) is 0 Å². The summed E-state index contributed by atoms with van der Waals surface area (Å²) in [4.78, 5) is 38.4. The summed E-state index contributed by atoms with van der Waals surface area (Å²) in [6.07, 6.45) is 1.86. The first kappa shape index (κ1) is 20.3. The predicted octanol–water partition coefficient (Wildman–Crippen LogP) is 2.22. The van der Waals surface area contributed by atoms with Crippen molar-refractivity contribution in [2.45, 2.75) is 72.6 Å². The average molecular weight is 312 g/mol. The summed E-state index contributed by atoms with van der Waals surface area (Å²) in [6, 6.07) is -1.61. The Morgan fingerprint density at radius 1 is 1.18 bits per heavy atom. The molecule has 0 saturated heterocycles. The quantitative estimate of drug-likeness (QED) is 0.444. The zero-order valence-electron chi connectivity index (χ0n) is 14.6. The third-order valence-electron chi connectivity index (χ3n) is 2.81. The molecule has 126 valence electrons. The van der Waals surface area contributed by atoms with Crippen molar-refractivity contribution in [3.63, 3.8) is 0 Å². The standard InChI is InChI=1S/C16H28N2O4/c1-10(2)8-12(15(21)22-16(5,6)7)18-14(20)13(11(3)4)17-9-19/h10-13H,8H2,1-7H3,(H,18,20)/t12-,13-/m0/s1. The number of aliphatic imine (C=N–C) groups is 1. The molecule has 0 aromatic rings. The predicted molar refractivity (Wildman–Crippen MR) is 84.0 cm³/mol. The highest BCUT2D eigenvalue weighted by molar-refractivity contribution is 5.88. The number of rotatable bonds is 7. The van der Waals surface area contributed by atoms with E-state index in [0.717, 1.165) is 0 Å². The summed E-state index contributed by atoms with van der Waals surface area (Å²) in [5, 5.41) is 2.65. The van der Waals surface area contributed by atoms with Gasteiger partial charge in [-0.25, -0.2) is 9.59 Å². The lowest BCUT2D eigenvalue weighted by atomic mass is 10.0. The number of isocyanates is 1. The fraction of sp³-hybridized carbons (Fsp3) is 0.812. The van der Waals surface area contributed by atoms with Crippen LogP contribution in [0.2, 0.25) is 0 Å². The Morgan fingerprint density at radius 3 is 2.09 bits per heavy atom. The van der Waals surface area contributed by atoms with Gasteiger partial charge in [0, 0.05) is 0 Å². The molecule has 0 aromatic carbocycles. The first-order valence-corrected chi connectivity index (χ1v) is 7.58. The lowest BCUT2D eigenvalue weighted by molar-refractivity contribution is -0.159. The second-order valence-electron chi connectivity index (χ2n) is 7.13. The Kier molecular flexibility index (Phi) is 8.02. The highest BCUT2D eigenvalue weighted by Crippen LogP contribution is 2.14. The van der Waals surface area contributed by atoms with Crippen molar-refractivity contribution in [2.24, 2.45) is 16.8 Å². The molecule has 0 aliphatic heterocycles. The molecule has 6 heteroatoms. The molecule has 0 aromatic heterocycles. The van der Waals surface area contributed by atoms with E-state index in [2.05, 4.69) is 10.3 Å². The number of amides is 1. The van der Waals surface area contributed by atoms with Crippen molar-refractivity contribution >= 4 is 18.0 Å².